The van der Waals surface area contributed by atoms with Gasteiger partial charge in [0, 0.05) is 18.8 Å². The predicted octanol–water partition coefficient (Wildman–Crippen LogP) is 0.667. The van der Waals surface area contributed by atoms with E-state index in [2.05, 4.69) is 15.5 Å². The maximum Gasteiger partial charge on any atom is 0.321 e. The summed E-state index contributed by atoms with van der Waals surface area (Å²) in [6.45, 7) is 5.71. The van der Waals surface area contributed by atoms with Crippen LogP contribution in [0.25, 0.3) is 0 Å². The number of carbonyl (C=O) groups is 1. The Balaban J connectivity index is 2.58. The van der Waals surface area contributed by atoms with Crippen molar-refractivity contribution in [2.75, 3.05) is 5.75 Å². The summed E-state index contributed by atoms with van der Waals surface area (Å²) in [5.74, 6) is 0.403. The van der Waals surface area contributed by atoms with Gasteiger partial charge in [-0.1, -0.05) is 25.6 Å². The van der Waals surface area contributed by atoms with Crippen LogP contribution in [0.4, 0.5) is 0 Å². The highest BCUT2D eigenvalue weighted by molar-refractivity contribution is 7.99. The normalized spacial score (nSPS) is 13.0. The third-order valence-corrected chi connectivity index (χ3v) is 3.38. The van der Waals surface area contributed by atoms with E-state index in [1.807, 2.05) is 32.4 Å². The van der Waals surface area contributed by atoms with Gasteiger partial charge in [-0.05, 0) is 6.92 Å². The lowest BCUT2D eigenvalue weighted by molar-refractivity contribution is -0.139. The van der Waals surface area contributed by atoms with Crippen molar-refractivity contribution < 1.29 is 9.90 Å². The van der Waals surface area contributed by atoms with Crippen molar-refractivity contribution in [2.24, 2.45) is 7.05 Å². The summed E-state index contributed by atoms with van der Waals surface area (Å²) in [7, 11) is 1.86. The molecule has 1 aromatic rings. The van der Waals surface area contributed by atoms with Crippen molar-refractivity contribution in [3.05, 3.63) is 5.82 Å². The van der Waals surface area contributed by atoms with Gasteiger partial charge in [0.15, 0.2) is 5.16 Å². The number of rotatable bonds is 6. The van der Waals surface area contributed by atoms with Gasteiger partial charge in [0.2, 0.25) is 0 Å². The van der Waals surface area contributed by atoms with Crippen LogP contribution in [0.15, 0.2) is 5.16 Å². The summed E-state index contributed by atoms with van der Waals surface area (Å²) < 4.78 is 1.85. The minimum atomic E-state index is -0.843. The van der Waals surface area contributed by atoms with Crippen LogP contribution in [0.5, 0.6) is 0 Å². The topological polar surface area (TPSA) is 80.0 Å². The second-order valence-electron chi connectivity index (χ2n) is 4.11. The zero-order chi connectivity index (χ0) is 13.0. The molecule has 6 nitrogen and oxygen atoms in total. The van der Waals surface area contributed by atoms with E-state index >= 15 is 0 Å². The predicted molar refractivity (Wildman–Crippen MR) is 66.2 cm³/mol. The van der Waals surface area contributed by atoms with E-state index in [-0.39, 0.29) is 6.04 Å². The lowest BCUT2D eigenvalue weighted by Gasteiger charge is -2.16. The number of hydrogen-bond acceptors (Lipinski definition) is 5. The number of thioether (sulfide) groups is 1. The molecular weight excluding hydrogens is 240 g/mol. The Morgan fingerprint density at radius 1 is 1.53 bits per heavy atom. The second kappa shape index (κ2) is 6.02. The fraction of sp³-hybridized carbons (Fsp3) is 0.700. The van der Waals surface area contributed by atoms with Crippen molar-refractivity contribution >= 4 is 17.7 Å². The first-order valence-corrected chi connectivity index (χ1v) is 6.38. The van der Waals surface area contributed by atoms with Crippen LogP contribution in [-0.4, -0.2) is 43.7 Å². The van der Waals surface area contributed by atoms with Crippen LogP contribution < -0.4 is 5.32 Å². The van der Waals surface area contributed by atoms with Gasteiger partial charge >= 0.3 is 5.97 Å². The van der Waals surface area contributed by atoms with Crippen LogP contribution in [0.2, 0.25) is 0 Å². The molecule has 1 atom stereocenters. The molecule has 0 saturated heterocycles. The van der Waals surface area contributed by atoms with Crippen molar-refractivity contribution in [3.63, 3.8) is 0 Å². The molecule has 7 heteroatoms. The molecule has 17 heavy (non-hydrogen) atoms. The van der Waals surface area contributed by atoms with Crippen LogP contribution in [0, 0.1) is 6.92 Å². The van der Waals surface area contributed by atoms with Crippen LogP contribution >= 0.6 is 11.8 Å². The van der Waals surface area contributed by atoms with Gasteiger partial charge in [0.25, 0.3) is 0 Å². The third-order valence-electron chi connectivity index (χ3n) is 2.26. The summed E-state index contributed by atoms with van der Waals surface area (Å²) in [6.07, 6.45) is 0. The maximum atomic E-state index is 11.0. The van der Waals surface area contributed by atoms with Gasteiger partial charge in [-0.25, -0.2) is 0 Å². The fourth-order valence-corrected chi connectivity index (χ4v) is 2.24. The fourth-order valence-electron chi connectivity index (χ4n) is 1.26. The Morgan fingerprint density at radius 3 is 2.59 bits per heavy atom. The molecule has 0 radical (unpaired) electrons. The number of nitrogens with one attached hydrogen (secondary N) is 1. The van der Waals surface area contributed by atoms with Crippen molar-refractivity contribution in [1.29, 1.82) is 0 Å². The van der Waals surface area contributed by atoms with Gasteiger partial charge in [0.05, 0.1) is 0 Å². The SMILES string of the molecule is Cc1nnc(SCC(NC(C)C)C(=O)O)n1C. The van der Waals surface area contributed by atoms with Crippen molar-refractivity contribution in [3.8, 4) is 0 Å². The summed E-state index contributed by atoms with van der Waals surface area (Å²) in [4.78, 5) is 11.0. The van der Waals surface area contributed by atoms with E-state index in [0.717, 1.165) is 11.0 Å². The Bertz CT molecular complexity index is 392. The number of aromatic nitrogens is 3. The van der Waals surface area contributed by atoms with Crippen molar-refractivity contribution in [2.45, 2.75) is 38.0 Å². The van der Waals surface area contributed by atoms with Gasteiger partial charge < -0.3 is 15.0 Å². The molecule has 1 aromatic heterocycles. The van der Waals surface area contributed by atoms with E-state index in [1.54, 1.807) is 0 Å². The number of carboxylic acids is 1. The van der Waals surface area contributed by atoms with Gasteiger partial charge in [-0.2, -0.15) is 0 Å². The average Bonchev–Trinajstić information content (AvgIpc) is 2.54. The monoisotopic (exact) mass is 258 g/mol. The van der Waals surface area contributed by atoms with Gasteiger partial charge in [-0.15, -0.1) is 10.2 Å². The van der Waals surface area contributed by atoms with Crippen LogP contribution in [-0.2, 0) is 11.8 Å². The number of carboxylic acid groups (broad SMARTS) is 1. The molecular formula is C10H18N4O2S. The smallest absolute Gasteiger partial charge is 0.321 e. The first-order valence-electron chi connectivity index (χ1n) is 5.39. The van der Waals surface area contributed by atoms with E-state index in [9.17, 15) is 4.79 Å². The molecule has 1 rings (SSSR count). The summed E-state index contributed by atoms with van der Waals surface area (Å²) in [5.41, 5.74) is 0. The molecule has 0 aromatic carbocycles. The van der Waals surface area contributed by atoms with E-state index in [4.69, 9.17) is 5.11 Å². The first kappa shape index (κ1) is 14.0. The Kier molecular flexibility index (Phi) is 4.95. The molecule has 0 aliphatic heterocycles. The summed E-state index contributed by atoms with van der Waals surface area (Å²) >= 11 is 1.39. The average molecular weight is 258 g/mol. The quantitative estimate of drug-likeness (QED) is 0.730. The molecule has 0 bridgehead atoms. The third kappa shape index (κ3) is 4.01. The van der Waals surface area contributed by atoms with Crippen LogP contribution in [0.3, 0.4) is 0 Å². The molecule has 0 saturated carbocycles. The standard InChI is InChI=1S/C10H18N4O2S/c1-6(2)11-8(9(15)16)5-17-10-13-12-7(3)14(10)4/h6,8,11H,5H2,1-4H3,(H,15,16). The van der Waals surface area contributed by atoms with Gasteiger partial charge in [-0.3, -0.25) is 4.79 Å². The van der Waals surface area contributed by atoms with E-state index < -0.39 is 12.0 Å². The Labute approximate surface area is 105 Å². The largest absolute Gasteiger partial charge is 0.480 e. The van der Waals surface area contributed by atoms with Crippen molar-refractivity contribution in [1.82, 2.24) is 20.1 Å². The maximum absolute atomic E-state index is 11.0. The highest BCUT2D eigenvalue weighted by Crippen LogP contribution is 2.16. The number of aliphatic carboxylic acids is 1. The van der Waals surface area contributed by atoms with E-state index in [1.165, 1.54) is 11.8 Å². The molecule has 0 aliphatic rings. The minimum absolute atomic E-state index is 0.137. The number of aryl methyl sites for hydroxylation is 1. The Hall–Kier alpha value is -1.08. The second-order valence-corrected chi connectivity index (χ2v) is 5.10. The molecule has 0 spiro atoms. The summed E-state index contributed by atoms with van der Waals surface area (Å²) in [6, 6.07) is -0.435. The molecule has 1 unspecified atom stereocenters. The zero-order valence-electron chi connectivity index (χ0n) is 10.5. The molecule has 0 amide bonds. The summed E-state index contributed by atoms with van der Waals surface area (Å²) in [5, 5.41) is 20.7. The zero-order valence-corrected chi connectivity index (χ0v) is 11.3. The minimum Gasteiger partial charge on any atom is -0.480 e. The molecule has 96 valence electrons. The highest BCUT2D eigenvalue weighted by Gasteiger charge is 2.19. The molecule has 1 heterocycles. The lowest BCUT2D eigenvalue weighted by Crippen LogP contribution is -2.42. The Morgan fingerprint density at radius 2 is 2.18 bits per heavy atom. The molecule has 0 fully saturated rings. The molecule has 0 aliphatic carbocycles. The lowest BCUT2D eigenvalue weighted by atomic mass is 10.3. The highest BCUT2D eigenvalue weighted by atomic mass is 32.2. The number of hydrogen-bond donors (Lipinski definition) is 2. The van der Waals surface area contributed by atoms with Crippen LogP contribution in [0.1, 0.15) is 19.7 Å². The van der Waals surface area contributed by atoms with E-state index in [0.29, 0.717) is 5.75 Å². The molecule has 2 N–H and O–H groups in total. The number of nitrogens with zero attached hydrogens (tertiary/aromatic N) is 3. The van der Waals surface area contributed by atoms with Gasteiger partial charge in [0.1, 0.15) is 11.9 Å². The first-order chi connectivity index (χ1) is 7.91.